The molecule has 1 amide bonds. The van der Waals surface area contributed by atoms with Gasteiger partial charge in [-0.25, -0.2) is 0 Å². The molecule has 2 aromatic rings. The maximum atomic E-state index is 12.4. The zero-order chi connectivity index (χ0) is 16.8. The monoisotopic (exact) mass is 401 g/mol. The first kappa shape index (κ1) is 23.6. The van der Waals surface area contributed by atoms with Crippen LogP contribution >= 0.6 is 37.4 Å². The smallest absolute Gasteiger partial charge is 0.255 e. The zero-order valence-electron chi connectivity index (χ0n) is 14.3. The van der Waals surface area contributed by atoms with Gasteiger partial charge < -0.3 is 16.4 Å². The molecule has 138 valence electrons. The summed E-state index contributed by atoms with van der Waals surface area (Å²) in [7, 11) is 0. The normalized spacial score (nSPS) is 10.9. The lowest BCUT2D eigenvalue weighted by atomic mass is 10.1. The Balaban J connectivity index is 0.00000288. The van der Waals surface area contributed by atoms with Gasteiger partial charge in [0.2, 0.25) is 0 Å². The molecule has 4 nitrogen and oxygen atoms in total. The van der Waals surface area contributed by atoms with Gasteiger partial charge in [0.05, 0.1) is 0 Å². The number of thiol groups is 1. The molecular formula is C18H25Cl2N3OS. The van der Waals surface area contributed by atoms with Crippen molar-refractivity contribution in [3.63, 3.8) is 0 Å². The summed E-state index contributed by atoms with van der Waals surface area (Å²) in [6.45, 7) is 4.65. The van der Waals surface area contributed by atoms with E-state index in [0.29, 0.717) is 17.9 Å². The fourth-order valence-electron chi connectivity index (χ4n) is 2.16. The third-order valence-corrected chi connectivity index (χ3v) is 4.25. The second kappa shape index (κ2) is 11.3. The number of nitrogens with two attached hydrogens (primary N) is 1. The molecule has 0 aliphatic rings. The van der Waals surface area contributed by atoms with Gasteiger partial charge in [0, 0.05) is 35.3 Å². The number of nitrogens with one attached hydrogen (secondary N) is 2. The molecule has 25 heavy (non-hydrogen) atoms. The average Bonchev–Trinajstić information content (AvgIpc) is 2.57. The molecule has 0 heterocycles. The molecule has 2 rings (SSSR count). The highest BCUT2D eigenvalue weighted by Gasteiger charge is 2.09. The Bertz CT molecular complexity index is 698. The van der Waals surface area contributed by atoms with E-state index in [-0.39, 0.29) is 36.8 Å². The van der Waals surface area contributed by atoms with Crippen LogP contribution in [-0.2, 0) is 0 Å². The van der Waals surface area contributed by atoms with E-state index in [1.807, 2.05) is 50.2 Å². The quantitative estimate of drug-likeness (QED) is 0.551. The first-order chi connectivity index (χ1) is 11.0. The Hall–Kier alpha value is -1.40. The minimum atomic E-state index is -0.124. The minimum absolute atomic E-state index is 0. The van der Waals surface area contributed by atoms with Crippen LogP contribution in [0.5, 0.6) is 0 Å². The van der Waals surface area contributed by atoms with Crippen LogP contribution in [0.25, 0.3) is 0 Å². The Morgan fingerprint density at radius 1 is 1.16 bits per heavy atom. The number of benzene rings is 2. The molecular weight excluding hydrogens is 377 g/mol. The first-order valence-corrected chi connectivity index (χ1v) is 8.22. The summed E-state index contributed by atoms with van der Waals surface area (Å²) in [5.41, 5.74) is 10.4. The molecule has 0 fully saturated rings. The average molecular weight is 402 g/mol. The summed E-state index contributed by atoms with van der Waals surface area (Å²) in [6.07, 6.45) is 0. The number of anilines is 2. The SMILES string of the molecule is Cc1cccc(NC(=O)c2cccc(NC[C@H](N)CS)c2)c1C.Cl.Cl. The van der Waals surface area contributed by atoms with Gasteiger partial charge in [-0.15, -0.1) is 24.8 Å². The largest absolute Gasteiger partial charge is 0.383 e. The lowest BCUT2D eigenvalue weighted by Crippen LogP contribution is -2.30. The van der Waals surface area contributed by atoms with E-state index < -0.39 is 0 Å². The van der Waals surface area contributed by atoms with Gasteiger partial charge >= 0.3 is 0 Å². The van der Waals surface area contributed by atoms with Crippen molar-refractivity contribution in [2.75, 3.05) is 22.9 Å². The van der Waals surface area contributed by atoms with Crippen LogP contribution in [0.15, 0.2) is 42.5 Å². The third-order valence-electron chi connectivity index (χ3n) is 3.78. The van der Waals surface area contributed by atoms with Crippen molar-refractivity contribution in [2.24, 2.45) is 5.73 Å². The molecule has 0 saturated carbocycles. The van der Waals surface area contributed by atoms with Crippen molar-refractivity contribution in [2.45, 2.75) is 19.9 Å². The Morgan fingerprint density at radius 2 is 1.84 bits per heavy atom. The van der Waals surface area contributed by atoms with E-state index in [1.54, 1.807) is 6.07 Å². The highest BCUT2D eigenvalue weighted by Crippen LogP contribution is 2.19. The number of carbonyl (C=O) groups is 1. The van der Waals surface area contributed by atoms with Crippen LogP contribution in [0.1, 0.15) is 21.5 Å². The summed E-state index contributed by atoms with van der Waals surface area (Å²) < 4.78 is 0. The van der Waals surface area contributed by atoms with Crippen molar-refractivity contribution >= 4 is 54.7 Å². The van der Waals surface area contributed by atoms with Gasteiger partial charge in [0.1, 0.15) is 0 Å². The van der Waals surface area contributed by atoms with E-state index in [1.165, 1.54) is 0 Å². The number of amides is 1. The lowest BCUT2D eigenvalue weighted by molar-refractivity contribution is 0.102. The minimum Gasteiger partial charge on any atom is -0.383 e. The molecule has 1 atom stereocenters. The van der Waals surface area contributed by atoms with Crippen molar-refractivity contribution < 1.29 is 4.79 Å². The van der Waals surface area contributed by atoms with Crippen LogP contribution < -0.4 is 16.4 Å². The maximum absolute atomic E-state index is 12.4. The molecule has 0 unspecified atom stereocenters. The van der Waals surface area contributed by atoms with Gasteiger partial charge in [-0.05, 0) is 49.2 Å². The van der Waals surface area contributed by atoms with Crippen LogP contribution in [-0.4, -0.2) is 24.2 Å². The van der Waals surface area contributed by atoms with E-state index in [4.69, 9.17) is 5.73 Å². The zero-order valence-corrected chi connectivity index (χ0v) is 16.8. The Morgan fingerprint density at radius 3 is 2.52 bits per heavy atom. The number of rotatable bonds is 6. The summed E-state index contributed by atoms with van der Waals surface area (Å²) in [6, 6.07) is 13.2. The summed E-state index contributed by atoms with van der Waals surface area (Å²) in [5.74, 6) is 0.487. The van der Waals surface area contributed by atoms with Crippen LogP contribution in [0, 0.1) is 13.8 Å². The molecule has 0 saturated heterocycles. The second-order valence-electron chi connectivity index (χ2n) is 5.61. The molecule has 0 aromatic heterocycles. The summed E-state index contributed by atoms with van der Waals surface area (Å²) >= 11 is 4.16. The van der Waals surface area contributed by atoms with Gasteiger partial charge in [0.25, 0.3) is 5.91 Å². The van der Waals surface area contributed by atoms with Crippen molar-refractivity contribution in [3.8, 4) is 0 Å². The molecule has 0 bridgehead atoms. The Labute approximate surface area is 167 Å². The standard InChI is InChI=1S/C18H23N3OS.2ClH/c1-12-5-3-8-17(13(12)2)21-18(22)14-6-4-7-16(9-14)20-10-15(19)11-23;;/h3-9,15,20,23H,10-11,19H2,1-2H3,(H,21,22);2*1H/t15-;;/m0../s1. The van der Waals surface area contributed by atoms with Gasteiger partial charge in [-0.1, -0.05) is 18.2 Å². The molecule has 0 aliphatic heterocycles. The number of hydrogen-bond donors (Lipinski definition) is 4. The molecule has 2 aromatic carbocycles. The number of carbonyl (C=O) groups excluding carboxylic acids is 1. The number of hydrogen-bond acceptors (Lipinski definition) is 4. The van der Waals surface area contributed by atoms with E-state index in [2.05, 4.69) is 23.3 Å². The lowest BCUT2D eigenvalue weighted by Gasteiger charge is -2.13. The topological polar surface area (TPSA) is 67.2 Å². The van der Waals surface area contributed by atoms with E-state index in [0.717, 1.165) is 22.5 Å². The number of halogens is 2. The first-order valence-electron chi connectivity index (χ1n) is 7.59. The van der Waals surface area contributed by atoms with Crippen LogP contribution in [0.2, 0.25) is 0 Å². The van der Waals surface area contributed by atoms with Gasteiger partial charge in [0.15, 0.2) is 0 Å². The second-order valence-corrected chi connectivity index (χ2v) is 5.97. The number of aryl methyl sites for hydroxylation is 1. The molecule has 0 radical (unpaired) electrons. The Kier molecular flexibility index (Phi) is 10.6. The highest BCUT2D eigenvalue weighted by atomic mass is 35.5. The van der Waals surface area contributed by atoms with Crippen molar-refractivity contribution in [1.82, 2.24) is 0 Å². The van der Waals surface area contributed by atoms with E-state index >= 15 is 0 Å². The highest BCUT2D eigenvalue weighted by molar-refractivity contribution is 7.80. The maximum Gasteiger partial charge on any atom is 0.255 e. The summed E-state index contributed by atoms with van der Waals surface area (Å²) in [5, 5.41) is 6.19. The predicted molar refractivity (Wildman–Crippen MR) is 115 cm³/mol. The molecule has 0 aliphatic carbocycles. The van der Waals surface area contributed by atoms with Crippen molar-refractivity contribution in [3.05, 3.63) is 59.2 Å². The van der Waals surface area contributed by atoms with Crippen LogP contribution in [0.3, 0.4) is 0 Å². The molecule has 0 spiro atoms. The molecule has 7 heteroatoms. The van der Waals surface area contributed by atoms with Crippen molar-refractivity contribution in [1.29, 1.82) is 0 Å². The van der Waals surface area contributed by atoms with Gasteiger partial charge in [-0.2, -0.15) is 12.6 Å². The predicted octanol–water partition coefficient (Wildman–Crippen LogP) is 4.07. The fourth-order valence-corrected chi connectivity index (χ4v) is 2.29. The third kappa shape index (κ3) is 6.78. The van der Waals surface area contributed by atoms with Gasteiger partial charge in [-0.3, -0.25) is 4.79 Å². The molecule has 4 N–H and O–H groups in total. The summed E-state index contributed by atoms with van der Waals surface area (Å²) in [4.78, 5) is 12.4. The van der Waals surface area contributed by atoms with Crippen LogP contribution in [0.4, 0.5) is 11.4 Å². The van der Waals surface area contributed by atoms with E-state index in [9.17, 15) is 4.79 Å². The fraction of sp³-hybridized carbons (Fsp3) is 0.278.